The van der Waals surface area contributed by atoms with E-state index in [0.717, 1.165) is 0 Å². The van der Waals surface area contributed by atoms with E-state index in [-0.39, 0.29) is 24.7 Å². The second-order valence-corrected chi connectivity index (χ2v) is 10.8. The molecule has 1 unspecified atom stereocenters. The SMILES string of the molecule is O=C(O[C@H]1[C@H](O[C@]2(OC3C=C(CO)[C@@H]4COC=C[C@H]34)O[C@@H](CO)[C@@H](O)[C@H](O)[C@H]2O)O[C@H](CO)[C@@H](O)[C@@H]1O)c1ccccc1. The number of esters is 1. The zero-order valence-corrected chi connectivity index (χ0v) is 22.8. The van der Waals surface area contributed by atoms with Gasteiger partial charge in [-0.1, -0.05) is 24.3 Å². The first-order valence-electron chi connectivity index (χ1n) is 13.8. The summed E-state index contributed by atoms with van der Waals surface area (Å²) in [6.45, 7) is -1.81. The van der Waals surface area contributed by atoms with E-state index in [1.807, 2.05) is 0 Å². The number of carbonyl (C=O) groups is 1. The molecule has 0 spiro atoms. The predicted molar refractivity (Wildman–Crippen MR) is 139 cm³/mol. The van der Waals surface area contributed by atoms with E-state index >= 15 is 0 Å². The second-order valence-electron chi connectivity index (χ2n) is 10.8. The highest BCUT2D eigenvalue weighted by atomic mass is 16.9. The van der Waals surface area contributed by atoms with Crippen LogP contribution in [0.2, 0.25) is 0 Å². The molecule has 1 aromatic carbocycles. The van der Waals surface area contributed by atoms with Crippen molar-refractivity contribution in [3.05, 3.63) is 59.9 Å². The van der Waals surface area contributed by atoms with Gasteiger partial charge in [0.1, 0.15) is 36.6 Å². The lowest BCUT2D eigenvalue weighted by molar-refractivity contribution is -0.504. The minimum absolute atomic E-state index is 0.0796. The normalized spacial score (nSPS) is 42.6. The zero-order valence-electron chi connectivity index (χ0n) is 22.8. The topological polar surface area (TPSA) is 234 Å². The van der Waals surface area contributed by atoms with Gasteiger partial charge in [-0.05, 0) is 23.8 Å². The predicted octanol–water partition coefficient (Wildman–Crippen LogP) is -3.11. The lowest BCUT2D eigenvalue weighted by atomic mass is 9.89. The molecular formula is C28H36O15. The first-order chi connectivity index (χ1) is 20.6. The molecule has 15 heteroatoms. The maximum Gasteiger partial charge on any atom is 0.338 e. The van der Waals surface area contributed by atoms with Crippen molar-refractivity contribution >= 4 is 5.97 Å². The second kappa shape index (κ2) is 13.2. The fraction of sp³-hybridized carbons (Fsp3) is 0.607. The van der Waals surface area contributed by atoms with Crippen LogP contribution in [0.3, 0.4) is 0 Å². The summed E-state index contributed by atoms with van der Waals surface area (Å²) < 4.78 is 34.4. The Balaban J connectivity index is 1.52. The number of carbonyl (C=O) groups excluding carboxylic acids is 1. The van der Waals surface area contributed by atoms with Gasteiger partial charge in [-0.3, -0.25) is 4.74 Å². The summed E-state index contributed by atoms with van der Waals surface area (Å²) in [5.41, 5.74) is 0.623. The maximum absolute atomic E-state index is 13.0. The summed E-state index contributed by atoms with van der Waals surface area (Å²) in [6, 6.07) is 7.67. The van der Waals surface area contributed by atoms with Crippen molar-refractivity contribution in [2.45, 2.75) is 67.2 Å². The molecular weight excluding hydrogens is 576 g/mol. The molecule has 8 N–H and O–H groups in total. The lowest BCUT2D eigenvalue weighted by Gasteiger charge is -2.51. The lowest BCUT2D eigenvalue weighted by Crippen LogP contribution is -2.71. The van der Waals surface area contributed by atoms with Crippen LogP contribution in [0.5, 0.6) is 0 Å². The molecule has 1 aliphatic carbocycles. The van der Waals surface area contributed by atoms with Gasteiger partial charge in [0.05, 0.1) is 44.4 Å². The minimum Gasteiger partial charge on any atom is -0.501 e. The van der Waals surface area contributed by atoms with E-state index < -0.39 is 92.3 Å². The average molecular weight is 613 g/mol. The minimum atomic E-state index is -2.76. The van der Waals surface area contributed by atoms with Crippen LogP contribution in [-0.2, 0) is 28.4 Å². The molecule has 238 valence electrons. The summed E-state index contributed by atoms with van der Waals surface area (Å²) >= 11 is 0. The van der Waals surface area contributed by atoms with Crippen LogP contribution in [0.1, 0.15) is 10.4 Å². The third-order valence-electron chi connectivity index (χ3n) is 8.12. The summed E-state index contributed by atoms with van der Waals surface area (Å²) in [5.74, 6) is -4.51. The number of benzene rings is 1. The fourth-order valence-corrected chi connectivity index (χ4v) is 5.70. The van der Waals surface area contributed by atoms with Gasteiger partial charge in [0.2, 0.25) is 6.29 Å². The van der Waals surface area contributed by atoms with E-state index in [1.54, 1.807) is 30.4 Å². The van der Waals surface area contributed by atoms with Crippen molar-refractivity contribution in [3.63, 3.8) is 0 Å². The molecule has 0 aromatic heterocycles. The Morgan fingerprint density at radius 2 is 1.60 bits per heavy atom. The standard InChI is InChI=1S/C28H36O15/c29-9-14-8-17(15-6-7-38-12-16(14)15)41-28(25(36)23(35)21(33)19(11-31)42-28)43-27-24(22(34)20(32)18(10-30)39-27)40-26(37)13-4-2-1-3-5-13/h1-8,15-25,27,29-36H,9-12H2/t15-,16-,17?,18+,19-,20+,21+,22-,23-,24+,25+,27-,28+/m0/s1. The summed E-state index contributed by atoms with van der Waals surface area (Å²) in [7, 11) is 0. The monoisotopic (exact) mass is 612 g/mol. The van der Waals surface area contributed by atoms with Crippen molar-refractivity contribution in [3.8, 4) is 0 Å². The van der Waals surface area contributed by atoms with Gasteiger partial charge in [0.25, 0.3) is 0 Å². The van der Waals surface area contributed by atoms with Gasteiger partial charge >= 0.3 is 11.9 Å². The van der Waals surface area contributed by atoms with Crippen LogP contribution in [0.15, 0.2) is 54.3 Å². The van der Waals surface area contributed by atoms with Gasteiger partial charge in [-0.2, -0.15) is 0 Å². The highest BCUT2D eigenvalue weighted by Gasteiger charge is 2.61. The van der Waals surface area contributed by atoms with Gasteiger partial charge in [-0.25, -0.2) is 4.79 Å². The smallest absolute Gasteiger partial charge is 0.338 e. The molecule has 0 amide bonds. The highest BCUT2D eigenvalue weighted by molar-refractivity contribution is 5.89. The molecule has 13 atom stereocenters. The average Bonchev–Trinajstić information content (AvgIpc) is 3.38. The van der Waals surface area contributed by atoms with Crippen molar-refractivity contribution in [1.82, 2.24) is 0 Å². The first kappa shape index (κ1) is 31.9. The molecule has 43 heavy (non-hydrogen) atoms. The number of aliphatic hydroxyl groups is 8. The van der Waals surface area contributed by atoms with Crippen LogP contribution in [0.25, 0.3) is 0 Å². The molecule has 5 rings (SSSR count). The Kier molecular flexibility index (Phi) is 9.82. The quantitative estimate of drug-likeness (QED) is 0.0783. The third kappa shape index (κ3) is 6.09. The molecule has 15 nitrogen and oxygen atoms in total. The van der Waals surface area contributed by atoms with E-state index in [4.69, 9.17) is 28.4 Å². The Bertz CT molecular complexity index is 1160. The Labute approximate surface area is 245 Å². The number of aliphatic hydroxyl groups excluding tert-OH is 8. The van der Waals surface area contributed by atoms with E-state index in [1.165, 1.54) is 18.4 Å². The van der Waals surface area contributed by atoms with Gasteiger partial charge in [0, 0.05) is 11.8 Å². The van der Waals surface area contributed by atoms with Crippen LogP contribution in [0.4, 0.5) is 0 Å². The summed E-state index contributed by atoms with van der Waals surface area (Å²) in [4.78, 5) is 13.0. The van der Waals surface area contributed by atoms with E-state index in [2.05, 4.69) is 0 Å². The largest absolute Gasteiger partial charge is 0.501 e. The van der Waals surface area contributed by atoms with Crippen LogP contribution in [-0.4, -0.2) is 140 Å². The summed E-state index contributed by atoms with van der Waals surface area (Å²) in [5, 5.41) is 83.6. The Hall–Kier alpha value is -2.51. The maximum atomic E-state index is 13.0. The summed E-state index contributed by atoms with van der Waals surface area (Å²) in [6.07, 6.45) is -12.8. The highest BCUT2D eigenvalue weighted by Crippen LogP contribution is 2.43. The number of hydrogen-bond acceptors (Lipinski definition) is 15. The Morgan fingerprint density at radius 3 is 2.28 bits per heavy atom. The number of rotatable bonds is 9. The van der Waals surface area contributed by atoms with Crippen LogP contribution in [0, 0.1) is 11.8 Å². The molecule has 4 aliphatic rings. The number of hydrogen-bond donors (Lipinski definition) is 8. The molecule has 0 bridgehead atoms. The number of fused-ring (bicyclic) bond motifs is 1. The molecule has 2 fully saturated rings. The van der Waals surface area contributed by atoms with E-state index in [9.17, 15) is 45.6 Å². The van der Waals surface area contributed by atoms with Gasteiger partial charge in [-0.15, -0.1) is 0 Å². The first-order valence-corrected chi connectivity index (χ1v) is 13.8. The van der Waals surface area contributed by atoms with Crippen molar-refractivity contribution in [1.29, 1.82) is 0 Å². The third-order valence-corrected chi connectivity index (χ3v) is 8.12. The van der Waals surface area contributed by atoms with E-state index in [0.29, 0.717) is 5.57 Å². The molecule has 2 saturated heterocycles. The molecule has 0 radical (unpaired) electrons. The van der Waals surface area contributed by atoms with Gasteiger partial charge in [0.15, 0.2) is 12.2 Å². The van der Waals surface area contributed by atoms with Crippen molar-refractivity contribution in [2.75, 3.05) is 26.4 Å². The van der Waals surface area contributed by atoms with Crippen LogP contribution >= 0.6 is 0 Å². The zero-order chi connectivity index (χ0) is 30.9. The fourth-order valence-electron chi connectivity index (χ4n) is 5.70. The molecule has 0 saturated carbocycles. The number of ether oxygens (including phenoxy) is 6. The van der Waals surface area contributed by atoms with Crippen LogP contribution < -0.4 is 0 Å². The van der Waals surface area contributed by atoms with Crippen molar-refractivity contribution < 1.29 is 74.1 Å². The van der Waals surface area contributed by atoms with Gasteiger partial charge < -0.3 is 64.5 Å². The molecule has 1 aromatic rings. The Morgan fingerprint density at radius 1 is 0.907 bits per heavy atom. The molecule has 3 heterocycles. The molecule has 3 aliphatic heterocycles. The van der Waals surface area contributed by atoms with Crippen molar-refractivity contribution in [2.24, 2.45) is 11.8 Å².